The van der Waals surface area contributed by atoms with Crippen LogP contribution < -0.4 is 0 Å². The lowest BCUT2D eigenvalue weighted by molar-refractivity contribution is -0.385. The molecule has 0 saturated heterocycles. The van der Waals surface area contributed by atoms with Gasteiger partial charge in [0.1, 0.15) is 5.69 Å². The zero-order valence-electron chi connectivity index (χ0n) is 14.9. The highest BCUT2D eigenvalue weighted by atomic mass is 16.6. The fraction of sp³-hybridized carbons (Fsp3) is 0.722. The quantitative estimate of drug-likeness (QED) is 0.299. The third-order valence-electron chi connectivity index (χ3n) is 4.49. The number of carboxylic acid groups (broad SMARTS) is 1. The molecule has 6 nitrogen and oxygen atoms in total. The second-order valence-corrected chi connectivity index (χ2v) is 6.40. The number of hydrogen-bond acceptors (Lipinski definition) is 3. The van der Waals surface area contributed by atoms with Crippen LogP contribution in [0.4, 0.5) is 5.69 Å². The largest absolute Gasteiger partial charge is 0.477 e. The molecule has 24 heavy (non-hydrogen) atoms. The minimum Gasteiger partial charge on any atom is -0.477 e. The summed E-state index contributed by atoms with van der Waals surface area (Å²) in [5.74, 6) is -1.11. The van der Waals surface area contributed by atoms with E-state index in [9.17, 15) is 20.0 Å². The topological polar surface area (TPSA) is 85.4 Å². The summed E-state index contributed by atoms with van der Waals surface area (Å²) in [4.78, 5) is 21.7. The Morgan fingerprint density at radius 1 is 1.08 bits per heavy atom. The summed E-state index contributed by atoms with van der Waals surface area (Å²) >= 11 is 0. The van der Waals surface area contributed by atoms with Gasteiger partial charge in [0.2, 0.25) is 0 Å². The lowest BCUT2D eigenvalue weighted by Gasteiger charge is -2.08. The van der Waals surface area contributed by atoms with E-state index in [1.54, 1.807) is 11.5 Å². The monoisotopic (exact) mass is 338 g/mol. The average Bonchev–Trinajstić information content (AvgIpc) is 2.86. The Morgan fingerprint density at radius 3 is 2.04 bits per heavy atom. The Morgan fingerprint density at radius 2 is 1.58 bits per heavy atom. The SMILES string of the molecule is CCCCCCCCCCCCn1c(C(=O)O)cc([N+](=O)[O-])c1C. The molecule has 1 aromatic heterocycles. The zero-order valence-corrected chi connectivity index (χ0v) is 14.9. The molecule has 0 atom stereocenters. The van der Waals surface area contributed by atoms with Crippen LogP contribution in [0.5, 0.6) is 0 Å². The Hall–Kier alpha value is -1.85. The molecule has 136 valence electrons. The molecule has 0 radical (unpaired) electrons. The molecule has 0 bridgehead atoms. The molecule has 0 aliphatic carbocycles. The highest BCUT2D eigenvalue weighted by Crippen LogP contribution is 2.24. The minimum absolute atomic E-state index is 0.00937. The third-order valence-corrected chi connectivity index (χ3v) is 4.49. The van der Waals surface area contributed by atoms with Crippen LogP contribution in [0.15, 0.2) is 6.07 Å². The molecular formula is C18H30N2O4. The molecule has 0 amide bonds. The Balaban J connectivity index is 2.32. The molecule has 1 aromatic rings. The number of aromatic carboxylic acids is 1. The lowest BCUT2D eigenvalue weighted by Crippen LogP contribution is -2.10. The van der Waals surface area contributed by atoms with Gasteiger partial charge in [0.05, 0.1) is 10.6 Å². The summed E-state index contributed by atoms with van der Waals surface area (Å²) in [6, 6.07) is 1.16. The van der Waals surface area contributed by atoms with Crippen molar-refractivity contribution >= 4 is 11.7 Å². The van der Waals surface area contributed by atoms with Crippen molar-refractivity contribution in [2.45, 2.75) is 84.6 Å². The fourth-order valence-electron chi connectivity index (χ4n) is 3.04. The number of nitro groups is 1. The molecule has 0 saturated carbocycles. The highest BCUT2D eigenvalue weighted by molar-refractivity contribution is 5.87. The van der Waals surface area contributed by atoms with Gasteiger partial charge in [0.15, 0.2) is 0 Å². The third kappa shape index (κ3) is 6.34. The van der Waals surface area contributed by atoms with E-state index in [-0.39, 0.29) is 11.4 Å². The second kappa shape index (κ2) is 10.8. The number of carbonyl (C=O) groups is 1. The van der Waals surface area contributed by atoms with Crippen LogP contribution in [0.2, 0.25) is 0 Å². The maximum absolute atomic E-state index is 11.2. The standard InChI is InChI=1S/C18H30N2O4/c1-3-4-5-6-7-8-9-10-11-12-13-19-15(2)16(20(23)24)14-17(19)18(21)22/h14H,3-13H2,1-2H3,(H,21,22). The van der Waals surface area contributed by atoms with Crippen LogP contribution >= 0.6 is 0 Å². The fourth-order valence-corrected chi connectivity index (χ4v) is 3.04. The van der Waals surface area contributed by atoms with Crippen LogP contribution in [-0.2, 0) is 6.54 Å². The first-order valence-corrected chi connectivity index (χ1v) is 9.06. The number of carboxylic acids is 1. The van der Waals surface area contributed by atoms with Gasteiger partial charge >= 0.3 is 5.97 Å². The van der Waals surface area contributed by atoms with Gasteiger partial charge in [-0.15, -0.1) is 0 Å². The first-order valence-electron chi connectivity index (χ1n) is 9.06. The van der Waals surface area contributed by atoms with Crippen molar-refractivity contribution in [3.63, 3.8) is 0 Å². The van der Waals surface area contributed by atoms with E-state index in [4.69, 9.17) is 0 Å². The molecular weight excluding hydrogens is 308 g/mol. The number of nitrogens with zero attached hydrogens (tertiary/aromatic N) is 2. The lowest BCUT2D eigenvalue weighted by atomic mass is 10.1. The molecule has 1 rings (SSSR count). The maximum Gasteiger partial charge on any atom is 0.352 e. The van der Waals surface area contributed by atoms with Gasteiger partial charge < -0.3 is 9.67 Å². The first kappa shape index (κ1) is 20.2. The van der Waals surface area contributed by atoms with Crippen molar-refractivity contribution in [2.24, 2.45) is 0 Å². The van der Waals surface area contributed by atoms with Crippen molar-refractivity contribution < 1.29 is 14.8 Å². The molecule has 0 spiro atoms. The number of unbranched alkanes of at least 4 members (excludes halogenated alkanes) is 9. The van der Waals surface area contributed by atoms with Crippen molar-refractivity contribution in [1.82, 2.24) is 4.57 Å². The van der Waals surface area contributed by atoms with E-state index in [1.807, 2.05) is 0 Å². The predicted molar refractivity (Wildman–Crippen MR) is 94.6 cm³/mol. The average molecular weight is 338 g/mol. The molecule has 0 aromatic carbocycles. The van der Waals surface area contributed by atoms with E-state index >= 15 is 0 Å². The normalized spacial score (nSPS) is 10.9. The van der Waals surface area contributed by atoms with E-state index < -0.39 is 10.9 Å². The summed E-state index contributed by atoms with van der Waals surface area (Å²) in [6.45, 7) is 4.36. The summed E-state index contributed by atoms with van der Waals surface area (Å²) in [5, 5.41) is 20.2. The van der Waals surface area contributed by atoms with Gasteiger partial charge in [0, 0.05) is 12.6 Å². The van der Waals surface area contributed by atoms with Crippen molar-refractivity contribution in [3.05, 3.63) is 27.6 Å². The second-order valence-electron chi connectivity index (χ2n) is 6.40. The van der Waals surface area contributed by atoms with Crippen LogP contribution in [-0.4, -0.2) is 20.6 Å². The van der Waals surface area contributed by atoms with Crippen molar-refractivity contribution in [2.75, 3.05) is 0 Å². The summed E-state index contributed by atoms with van der Waals surface area (Å²) in [5.41, 5.74) is 0.322. The Kier molecular flexibility index (Phi) is 9.12. The minimum atomic E-state index is -1.11. The van der Waals surface area contributed by atoms with Gasteiger partial charge in [-0.2, -0.15) is 0 Å². The van der Waals surface area contributed by atoms with Gasteiger partial charge in [-0.3, -0.25) is 10.1 Å². The number of rotatable bonds is 13. The van der Waals surface area contributed by atoms with E-state index in [1.165, 1.54) is 44.9 Å². The highest BCUT2D eigenvalue weighted by Gasteiger charge is 2.23. The summed E-state index contributed by atoms with van der Waals surface area (Å²) < 4.78 is 1.56. The Labute approximate surface area is 144 Å². The smallest absolute Gasteiger partial charge is 0.352 e. The van der Waals surface area contributed by atoms with Crippen molar-refractivity contribution in [1.29, 1.82) is 0 Å². The molecule has 0 unspecified atom stereocenters. The number of aromatic nitrogens is 1. The van der Waals surface area contributed by atoms with Crippen molar-refractivity contribution in [3.8, 4) is 0 Å². The molecule has 0 fully saturated rings. The van der Waals surface area contributed by atoms with E-state index in [0.29, 0.717) is 12.2 Å². The van der Waals surface area contributed by atoms with Gasteiger partial charge in [0.25, 0.3) is 5.69 Å². The van der Waals surface area contributed by atoms with Gasteiger partial charge in [-0.25, -0.2) is 4.79 Å². The van der Waals surface area contributed by atoms with Gasteiger partial charge in [-0.1, -0.05) is 64.7 Å². The summed E-state index contributed by atoms with van der Waals surface area (Å²) in [7, 11) is 0. The molecule has 1 N–H and O–H groups in total. The van der Waals surface area contributed by atoms with Gasteiger partial charge in [-0.05, 0) is 13.3 Å². The molecule has 0 aliphatic rings. The maximum atomic E-state index is 11.2. The Bertz CT molecular complexity index is 537. The molecule has 0 aliphatic heterocycles. The van der Waals surface area contributed by atoms with E-state index in [2.05, 4.69) is 6.92 Å². The van der Waals surface area contributed by atoms with Crippen LogP contribution in [0.25, 0.3) is 0 Å². The van der Waals surface area contributed by atoms with Crippen LogP contribution in [0.3, 0.4) is 0 Å². The molecule has 1 heterocycles. The van der Waals surface area contributed by atoms with Crippen LogP contribution in [0.1, 0.15) is 87.3 Å². The van der Waals surface area contributed by atoms with Crippen LogP contribution in [0, 0.1) is 17.0 Å². The number of hydrogen-bond donors (Lipinski definition) is 1. The predicted octanol–water partition coefficient (Wildman–Crippen LogP) is 5.32. The first-order chi connectivity index (χ1) is 11.5. The molecule has 6 heteroatoms. The zero-order chi connectivity index (χ0) is 17.9. The van der Waals surface area contributed by atoms with E-state index in [0.717, 1.165) is 25.3 Å². The summed E-state index contributed by atoms with van der Waals surface area (Å²) in [6.07, 6.45) is 12.0.